The summed E-state index contributed by atoms with van der Waals surface area (Å²) in [6.45, 7) is 11.9. The van der Waals surface area contributed by atoms with Crippen LogP contribution in [0.25, 0.3) is 0 Å². The van der Waals surface area contributed by atoms with E-state index in [-0.39, 0.29) is 18.4 Å². The second kappa shape index (κ2) is 6.27. The number of carbonyl (C=O) groups is 2. The van der Waals surface area contributed by atoms with Gasteiger partial charge in [0.2, 0.25) is 11.8 Å². The first kappa shape index (κ1) is 18.2. The predicted molar refractivity (Wildman–Crippen MR) is 106 cm³/mol. The topological polar surface area (TPSA) is 49.4 Å². The van der Waals surface area contributed by atoms with Crippen molar-refractivity contribution in [3.63, 3.8) is 0 Å². The van der Waals surface area contributed by atoms with Gasteiger partial charge in [-0.2, -0.15) is 0 Å². The van der Waals surface area contributed by atoms with E-state index < -0.39 is 5.41 Å². The molecule has 2 aromatic rings. The summed E-state index contributed by atoms with van der Waals surface area (Å²) in [6, 6.07) is 10.1. The first-order valence-corrected chi connectivity index (χ1v) is 8.92. The average molecular weight is 350 g/mol. The van der Waals surface area contributed by atoms with Crippen molar-refractivity contribution in [2.24, 2.45) is 0 Å². The number of anilines is 2. The molecule has 2 aromatic carbocycles. The monoisotopic (exact) mass is 350 g/mol. The molecule has 1 aliphatic heterocycles. The number of nitrogens with zero attached hydrogens (tertiary/aromatic N) is 1. The highest BCUT2D eigenvalue weighted by atomic mass is 16.2. The van der Waals surface area contributed by atoms with Crippen molar-refractivity contribution >= 4 is 23.2 Å². The summed E-state index contributed by atoms with van der Waals surface area (Å²) < 4.78 is 0. The summed E-state index contributed by atoms with van der Waals surface area (Å²) >= 11 is 0. The second-order valence-electron chi connectivity index (χ2n) is 7.86. The molecule has 1 heterocycles. The lowest BCUT2D eigenvalue weighted by atomic mass is 9.85. The summed E-state index contributed by atoms with van der Waals surface area (Å²) in [6.07, 6.45) is 0. The molecule has 0 saturated heterocycles. The van der Waals surface area contributed by atoms with Crippen molar-refractivity contribution in [1.82, 2.24) is 0 Å². The quantitative estimate of drug-likeness (QED) is 0.903. The fraction of sp³-hybridized carbons (Fsp3) is 0.364. The van der Waals surface area contributed by atoms with Crippen LogP contribution in [0.15, 0.2) is 30.3 Å². The maximum Gasteiger partial charge on any atom is 0.244 e. The Morgan fingerprint density at radius 3 is 2.23 bits per heavy atom. The van der Waals surface area contributed by atoms with E-state index in [0.29, 0.717) is 0 Å². The van der Waals surface area contributed by atoms with Crippen LogP contribution in [0.1, 0.15) is 41.7 Å². The summed E-state index contributed by atoms with van der Waals surface area (Å²) in [5.41, 5.74) is 6.37. The Balaban J connectivity index is 1.86. The minimum atomic E-state index is -0.614. The fourth-order valence-electron chi connectivity index (χ4n) is 3.80. The molecule has 1 aliphatic rings. The predicted octanol–water partition coefficient (Wildman–Crippen LogP) is 4.18. The van der Waals surface area contributed by atoms with E-state index in [1.54, 1.807) is 4.90 Å². The van der Waals surface area contributed by atoms with Crippen molar-refractivity contribution in [2.75, 3.05) is 16.8 Å². The van der Waals surface area contributed by atoms with Crippen LogP contribution >= 0.6 is 0 Å². The lowest BCUT2D eigenvalue weighted by Crippen LogP contribution is -2.40. The van der Waals surface area contributed by atoms with Gasteiger partial charge in [-0.1, -0.05) is 35.4 Å². The normalized spacial score (nSPS) is 15.2. The highest BCUT2D eigenvalue weighted by Crippen LogP contribution is 2.41. The largest absolute Gasteiger partial charge is 0.324 e. The molecule has 0 radical (unpaired) electrons. The van der Waals surface area contributed by atoms with Gasteiger partial charge >= 0.3 is 0 Å². The van der Waals surface area contributed by atoms with Crippen molar-refractivity contribution in [2.45, 2.75) is 47.0 Å². The Kier molecular flexibility index (Phi) is 4.39. The van der Waals surface area contributed by atoms with Crippen molar-refractivity contribution in [3.05, 3.63) is 58.1 Å². The molecule has 0 atom stereocenters. The molecule has 0 aliphatic carbocycles. The highest BCUT2D eigenvalue weighted by Gasteiger charge is 2.44. The Hall–Kier alpha value is -2.62. The third-order valence-electron chi connectivity index (χ3n) is 5.14. The number of nitrogens with one attached hydrogen (secondary N) is 1. The zero-order valence-corrected chi connectivity index (χ0v) is 16.4. The van der Waals surface area contributed by atoms with Gasteiger partial charge in [0.1, 0.15) is 6.54 Å². The van der Waals surface area contributed by atoms with E-state index in [4.69, 9.17) is 0 Å². The first-order chi connectivity index (χ1) is 12.1. The molecule has 1 N–H and O–H groups in total. The van der Waals surface area contributed by atoms with Crippen LogP contribution in [0, 0.1) is 27.7 Å². The van der Waals surface area contributed by atoms with Crippen LogP contribution in [0.4, 0.5) is 11.4 Å². The van der Waals surface area contributed by atoms with E-state index in [0.717, 1.165) is 33.6 Å². The fourth-order valence-corrected chi connectivity index (χ4v) is 3.80. The molecule has 0 aromatic heterocycles. The molecule has 136 valence electrons. The Morgan fingerprint density at radius 2 is 1.62 bits per heavy atom. The standard InChI is InChI=1S/C22H26N2O2/c1-13-7-8-18-17(11-13)22(5,6)21(26)24(18)12-19(25)23-20-15(3)9-14(2)10-16(20)4/h7-11H,12H2,1-6H3,(H,23,25). The third kappa shape index (κ3) is 3.00. The van der Waals surface area contributed by atoms with E-state index in [1.807, 2.05) is 71.9 Å². The number of amides is 2. The number of fused-ring (bicyclic) bond motifs is 1. The smallest absolute Gasteiger partial charge is 0.244 e. The van der Waals surface area contributed by atoms with E-state index in [9.17, 15) is 9.59 Å². The average Bonchev–Trinajstić information content (AvgIpc) is 2.72. The van der Waals surface area contributed by atoms with Gasteiger partial charge in [-0.25, -0.2) is 0 Å². The number of rotatable bonds is 3. The summed E-state index contributed by atoms with van der Waals surface area (Å²) in [7, 11) is 0. The molecule has 4 heteroatoms. The minimum Gasteiger partial charge on any atom is -0.324 e. The Bertz CT molecular complexity index is 889. The Morgan fingerprint density at radius 1 is 1.00 bits per heavy atom. The van der Waals surface area contributed by atoms with Crippen LogP contribution in [-0.4, -0.2) is 18.4 Å². The summed E-state index contributed by atoms with van der Waals surface area (Å²) in [5, 5.41) is 2.99. The SMILES string of the molecule is Cc1cc(C)c(NC(=O)CN2C(=O)C(C)(C)c3cc(C)ccc32)c(C)c1. The first-order valence-electron chi connectivity index (χ1n) is 8.92. The zero-order chi connectivity index (χ0) is 19.2. The van der Waals surface area contributed by atoms with Gasteiger partial charge in [-0.3, -0.25) is 9.59 Å². The van der Waals surface area contributed by atoms with Crippen LogP contribution in [-0.2, 0) is 15.0 Å². The summed E-state index contributed by atoms with van der Waals surface area (Å²) in [5.74, 6) is -0.219. The molecule has 0 spiro atoms. The number of hydrogen-bond acceptors (Lipinski definition) is 2. The summed E-state index contributed by atoms with van der Waals surface area (Å²) in [4.78, 5) is 27.2. The molecule has 4 nitrogen and oxygen atoms in total. The Labute approximate surface area is 155 Å². The van der Waals surface area contributed by atoms with Gasteiger partial charge in [0.05, 0.1) is 5.41 Å². The second-order valence-corrected chi connectivity index (χ2v) is 7.86. The number of aryl methyl sites for hydroxylation is 4. The van der Waals surface area contributed by atoms with Gasteiger partial charge < -0.3 is 10.2 Å². The molecule has 3 rings (SSSR count). The van der Waals surface area contributed by atoms with Crippen LogP contribution in [0.3, 0.4) is 0 Å². The van der Waals surface area contributed by atoms with Crippen LogP contribution in [0.2, 0.25) is 0 Å². The van der Waals surface area contributed by atoms with E-state index in [1.165, 1.54) is 5.56 Å². The molecule has 0 bridgehead atoms. The lowest BCUT2D eigenvalue weighted by molar-refractivity contribution is -0.124. The maximum atomic E-state index is 12.9. The molecule has 2 amide bonds. The van der Waals surface area contributed by atoms with E-state index in [2.05, 4.69) is 5.32 Å². The van der Waals surface area contributed by atoms with Crippen molar-refractivity contribution < 1.29 is 9.59 Å². The lowest BCUT2D eigenvalue weighted by Gasteiger charge is -2.21. The van der Waals surface area contributed by atoms with Gasteiger partial charge in [0.15, 0.2) is 0 Å². The highest BCUT2D eigenvalue weighted by molar-refractivity contribution is 6.11. The molecular weight excluding hydrogens is 324 g/mol. The van der Waals surface area contributed by atoms with Gasteiger partial charge in [-0.15, -0.1) is 0 Å². The van der Waals surface area contributed by atoms with Gasteiger partial charge in [-0.05, 0) is 64.3 Å². The number of benzene rings is 2. The van der Waals surface area contributed by atoms with Crippen molar-refractivity contribution in [3.8, 4) is 0 Å². The molecule has 26 heavy (non-hydrogen) atoms. The minimum absolute atomic E-state index is 0.0189. The number of carbonyl (C=O) groups excluding carboxylic acids is 2. The molecule has 0 saturated carbocycles. The van der Waals surface area contributed by atoms with Crippen LogP contribution in [0.5, 0.6) is 0 Å². The van der Waals surface area contributed by atoms with Crippen molar-refractivity contribution in [1.29, 1.82) is 0 Å². The molecule has 0 unspecified atom stereocenters. The maximum absolute atomic E-state index is 12.9. The third-order valence-corrected chi connectivity index (χ3v) is 5.14. The van der Waals surface area contributed by atoms with Gasteiger partial charge in [0, 0.05) is 11.4 Å². The molecule has 0 fully saturated rings. The zero-order valence-electron chi connectivity index (χ0n) is 16.4. The van der Waals surface area contributed by atoms with Gasteiger partial charge in [0.25, 0.3) is 0 Å². The molecular formula is C22H26N2O2. The van der Waals surface area contributed by atoms with E-state index >= 15 is 0 Å². The van der Waals surface area contributed by atoms with Crippen LogP contribution < -0.4 is 10.2 Å². The number of hydrogen-bond donors (Lipinski definition) is 1.